The Hall–Kier alpha value is -2.19. The molecule has 4 rings (SSSR count). The van der Waals surface area contributed by atoms with Crippen LogP contribution in [0, 0.1) is 6.92 Å². The van der Waals surface area contributed by atoms with E-state index in [1.165, 1.54) is 0 Å². The summed E-state index contributed by atoms with van der Waals surface area (Å²) in [6.45, 7) is 4.04. The van der Waals surface area contributed by atoms with Crippen molar-refractivity contribution >= 4 is 18.3 Å². The highest BCUT2D eigenvalue weighted by Gasteiger charge is 2.38. The van der Waals surface area contributed by atoms with Crippen LogP contribution in [0.4, 0.5) is 0 Å². The molecule has 1 aromatic carbocycles. The summed E-state index contributed by atoms with van der Waals surface area (Å²) in [5, 5.41) is 13.2. The second-order valence-electron chi connectivity index (χ2n) is 8.01. The third kappa shape index (κ3) is 4.70. The van der Waals surface area contributed by atoms with Crippen molar-refractivity contribution in [3.63, 3.8) is 0 Å². The summed E-state index contributed by atoms with van der Waals surface area (Å²) in [5.74, 6) is -0.295. The molecule has 168 valence electrons. The van der Waals surface area contributed by atoms with Crippen molar-refractivity contribution in [1.29, 1.82) is 0 Å². The molecule has 0 bridgehead atoms. The number of amides is 1. The average Bonchev–Trinajstić information content (AvgIpc) is 2.79. The number of aliphatic hydroxyl groups is 1. The first-order valence-electron chi connectivity index (χ1n) is 10.6. The number of piperidine rings is 1. The Morgan fingerprint density at radius 3 is 2.58 bits per heavy atom. The summed E-state index contributed by atoms with van der Waals surface area (Å²) < 4.78 is 7.48. The van der Waals surface area contributed by atoms with Crippen molar-refractivity contribution in [2.75, 3.05) is 32.8 Å². The van der Waals surface area contributed by atoms with Crippen LogP contribution in [0.3, 0.4) is 0 Å². The van der Waals surface area contributed by atoms with E-state index < -0.39 is 12.1 Å². The monoisotopic (exact) mass is 447 g/mol. The third-order valence-corrected chi connectivity index (χ3v) is 6.18. The third-order valence-electron chi connectivity index (χ3n) is 6.18. The Morgan fingerprint density at radius 2 is 1.90 bits per heavy atom. The second-order valence-corrected chi connectivity index (χ2v) is 8.01. The van der Waals surface area contributed by atoms with E-state index >= 15 is 0 Å². The minimum Gasteiger partial charge on any atom is -0.394 e. The van der Waals surface area contributed by atoms with Gasteiger partial charge in [0, 0.05) is 18.8 Å². The number of pyridine rings is 1. The van der Waals surface area contributed by atoms with Gasteiger partial charge in [-0.05, 0) is 50.0 Å². The lowest BCUT2D eigenvalue weighted by molar-refractivity contribution is -0.0812. The summed E-state index contributed by atoms with van der Waals surface area (Å²) >= 11 is 0. The normalized spacial score (nSPS) is 22.1. The van der Waals surface area contributed by atoms with E-state index in [2.05, 4.69) is 5.32 Å². The SMILES string of the molecule is Cc1ccn(C2CCNCC2)c(=O)c1C(=O)N1CCO[C@@H](CO)[C@@H]1c1ccccc1.Cl. The molecule has 1 amide bonds. The van der Waals surface area contributed by atoms with Gasteiger partial charge in [-0.3, -0.25) is 9.59 Å². The molecule has 3 heterocycles. The molecule has 0 unspecified atom stereocenters. The first-order valence-corrected chi connectivity index (χ1v) is 10.6. The number of aryl methyl sites for hydroxylation is 1. The Bertz CT molecular complexity index is 944. The molecule has 0 aliphatic carbocycles. The van der Waals surface area contributed by atoms with Crippen molar-refractivity contribution in [2.24, 2.45) is 0 Å². The number of aliphatic hydroxyl groups excluding tert-OH is 1. The van der Waals surface area contributed by atoms with Gasteiger partial charge in [0.2, 0.25) is 0 Å². The predicted octanol–water partition coefficient (Wildman–Crippen LogP) is 2.08. The molecular formula is C23H30ClN3O4. The highest BCUT2D eigenvalue weighted by molar-refractivity contribution is 5.95. The highest BCUT2D eigenvalue weighted by Crippen LogP contribution is 2.31. The lowest BCUT2D eigenvalue weighted by Gasteiger charge is -2.41. The van der Waals surface area contributed by atoms with E-state index in [0.717, 1.165) is 31.5 Å². The summed E-state index contributed by atoms with van der Waals surface area (Å²) in [6.07, 6.45) is 3.02. The van der Waals surface area contributed by atoms with Crippen molar-refractivity contribution in [2.45, 2.75) is 38.0 Å². The number of nitrogens with zero attached hydrogens (tertiary/aromatic N) is 2. The smallest absolute Gasteiger partial charge is 0.263 e. The van der Waals surface area contributed by atoms with Crippen LogP contribution in [-0.4, -0.2) is 59.4 Å². The topological polar surface area (TPSA) is 83.8 Å². The number of carbonyl (C=O) groups excluding carboxylic acids is 1. The molecule has 0 spiro atoms. The van der Waals surface area contributed by atoms with Crippen LogP contribution in [0.2, 0.25) is 0 Å². The summed E-state index contributed by atoms with van der Waals surface area (Å²) in [5.41, 5.74) is 1.55. The Balaban J connectivity index is 0.00000272. The predicted molar refractivity (Wildman–Crippen MR) is 121 cm³/mol. The summed E-state index contributed by atoms with van der Waals surface area (Å²) in [4.78, 5) is 28.8. The number of rotatable bonds is 4. The molecule has 0 radical (unpaired) electrons. The molecular weight excluding hydrogens is 418 g/mol. The fourth-order valence-corrected chi connectivity index (χ4v) is 4.58. The van der Waals surface area contributed by atoms with Crippen LogP contribution in [0.5, 0.6) is 0 Å². The zero-order chi connectivity index (χ0) is 21.1. The number of ether oxygens (including phenoxy) is 1. The maximum absolute atomic E-state index is 13.7. The Labute approximate surface area is 188 Å². The molecule has 2 fully saturated rings. The number of carbonyl (C=O) groups is 1. The van der Waals surface area contributed by atoms with Crippen LogP contribution in [0.15, 0.2) is 47.4 Å². The summed E-state index contributed by atoms with van der Waals surface area (Å²) in [7, 11) is 0. The fraction of sp³-hybridized carbons (Fsp3) is 0.478. The lowest BCUT2D eigenvalue weighted by atomic mass is 9.97. The molecule has 1 aromatic heterocycles. The molecule has 7 nitrogen and oxygen atoms in total. The zero-order valence-electron chi connectivity index (χ0n) is 17.7. The van der Waals surface area contributed by atoms with Gasteiger partial charge in [0.25, 0.3) is 11.5 Å². The van der Waals surface area contributed by atoms with Crippen LogP contribution < -0.4 is 10.9 Å². The number of halogens is 1. The number of benzene rings is 1. The van der Waals surface area contributed by atoms with Gasteiger partial charge in [-0.15, -0.1) is 12.4 Å². The summed E-state index contributed by atoms with van der Waals surface area (Å²) in [6, 6.07) is 11.1. The van der Waals surface area contributed by atoms with Gasteiger partial charge in [0.15, 0.2) is 0 Å². The standard InChI is InChI=1S/C23H29N3O4.ClH/c1-16-9-12-25(18-7-10-24-11-8-18)22(28)20(16)23(29)26-13-14-30-19(15-27)21(26)17-5-3-2-4-6-17;/h2-6,9,12,18-19,21,24,27H,7-8,10-11,13-15H2,1H3;1H/t19-,21-;/m0./s1. The van der Waals surface area contributed by atoms with E-state index in [-0.39, 0.29) is 42.1 Å². The minimum absolute atomic E-state index is 0. The molecule has 2 saturated heterocycles. The van der Waals surface area contributed by atoms with Gasteiger partial charge in [-0.2, -0.15) is 0 Å². The van der Waals surface area contributed by atoms with Gasteiger partial charge in [-0.1, -0.05) is 30.3 Å². The first kappa shape index (κ1) is 23.5. The average molecular weight is 448 g/mol. The van der Waals surface area contributed by atoms with E-state index in [9.17, 15) is 14.7 Å². The zero-order valence-corrected chi connectivity index (χ0v) is 18.5. The molecule has 0 saturated carbocycles. The Morgan fingerprint density at radius 1 is 1.19 bits per heavy atom. The van der Waals surface area contributed by atoms with Crippen molar-refractivity contribution in [3.8, 4) is 0 Å². The fourth-order valence-electron chi connectivity index (χ4n) is 4.58. The minimum atomic E-state index is -0.527. The molecule has 2 aliphatic rings. The van der Waals surface area contributed by atoms with Gasteiger partial charge in [0.1, 0.15) is 11.7 Å². The Kier molecular flexibility index (Phi) is 7.89. The van der Waals surface area contributed by atoms with E-state index in [1.807, 2.05) is 49.5 Å². The quantitative estimate of drug-likeness (QED) is 0.749. The number of hydrogen-bond acceptors (Lipinski definition) is 5. The van der Waals surface area contributed by atoms with Crippen LogP contribution in [-0.2, 0) is 4.74 Å². The van der Waals surface area contributed by atoms with Gasteiger partial charge >= 0.3 is 0 Å². The van der Waals surface area contributed by atoms with Crippen LogP contribution in [0.1, 0.15) is 46.4 Å². The molecule has 31 heavy (non-hydrogen) atoms. The lowest BCUT2D eigenvalue weighted by Crippen LogP contribution is -2.51. The van der Waals surface area contributed by atoms with Crippen LogP contribution >= 0.6 is 12.4 Å². The van der Waals surface area contributed by atoms with Gasteiger partial charge < -0.3 is 24.6 Å². The number of nitrogens with one attached hydrogen (secondary N) is 1. The maximum Gasteiger partial charge on any atom is 0.263 e. The number of hydrogen-bond donors (Lipinski definition) is 2. The van der Waals surface area contributed by atoms with Crippen LogP contribution in [0.25, 0.3) is 0 Å². The molecule has 2 N–H and O–H groups in total. The second kappa shape index (κ2) is 10.4. The first-order chi connectivity index (χ1) is 14.6. The van der Waals surface area contributed by atoms with E-state index in [0.29, 0.717) is 18.7 Å². The van der Waals surface area contributed by atoms with Gasteiger partial charge in [-0.25, -0.2) is 0 Å². The molecule has 2 aromatic rings. The van der Waals surface area contributed by atoms with Crippen molar-refractivity contribution in [1.82, 2.24) is 14.8 Å². The van der Waals surface area contributed by atoms with E-state index in [1.54, 1.807) is 9.47 Å². The molecule has 2 atom stereocenters. The van der Waals surface area contributed by atoms with Crippen molar-refractivity contribution < 1.29 is 14.6 Å². The van der Waals surface area contributed by atoms with Crippen molar-refractivity contribution in [3.05, 3.63) is 69.6 Å². The van der Waals surface area contributed by atoms with Gasteiger partial charge in [0.05, 0.1) is 19.3 Å². The molecule has 2 aliphatic heterocycles. The largest absolute Gasteiger partial charge is 0.394 e. The van der Waals surface area contributed by atoms with E-state index in [4.69, 9.17) is 4.74 Å². The number of aromatic nitrogens is 1. The highest BCUT2D eigenvalue weighted by atomic mass is 35.5. The number of morpholine rings is 1. The molecule has 8 heteroatoms. The maximum atomic E-state index is 13.7.